The van der Waals surface area contributed by atoms with Crippen molar-refractivity contribution in [1.29, 1.82) is 0 Å². The first-order valence-electron chi connectivity index (χ1n) is 9.59. The Balaban J connectivity index is 1.46. The molecule has 1 aliphatic rings. The van der Waals surface area contributed by atoms with Crippen molar-refractivity contribution in [2.45, 2.75) is 18.9 Å². The van der Waals surface area contributed by atoms with Gasteiger partial charge in [0.15, 0.2) is 0 Å². The summed E-state index contributed by atoms with van der Waals surface area (Å²) in [5.41, 5.74) is 1.53. The topological polar surface area (TPSA) is 59.2 Å². The van der Waals surface area contributed by atoms with Crippen LogP contribution < -0.4 is 0 Å². The molecule has 29 heavy (non-hydrogen) atoms. The monoisotopic (exact) mass is 403 g/mol. The molecule has 1 amide bonds. The molecule has 5 nitrogen and oxygen atoms in total. The molecule has 0 radical (unpaired) electrons. The number of halogens is 1. The van der Waals surface area contributed by atoms with Crippen molar-refractivity contribution in [3.8, 4) is 11.4 Å². The quantitative estimate of drug-likeness (QED) is 0.452. The van der Waals surface area contributed by atoms with Crippen LogP contribution in [0, 0.1) is 0 Å². The predicted molar refractivity (Wildman–Crippen MR) is 112 cm³/mol. The number of carbonyl (C=O) groups is 1. The molecule has 1 aliphatic heterocycles. The van der Waals surface area contributed by atoms with Gasteiger partial charge in [-0.05, 0) is 53.9 Å². The van der Waals surface area contributed by atoms with E-state index in [1.54, 1.807) is 12.1 Å². The van der Waals surface area contributed by atoms with Crippen molar-refractivity contribution < 1.29 is 9.32 Å². The Labute approximate surface area is 172 Å². The lowest BCUT2D eigenvalue weighted by Gasteiger charge is -2.22. The van der Waals surface area contributed by atoms with Crippen LogP contribution in [0.5, 0.6) is 0 Å². The molecule has 3 aromatic carbocycles. The highest BCUT2D eigenvalue weighted by Crippen LogP contribution is 2.34. The number of rotatable bonds is 3. The van der Waals surface area contributed by atoms with E-state index in [1.807, 2.05) is 59.5 Å². The maximum absolute atomic E-state index is 13.4. The number of hydrogen-bond donors (Lipinski definition) is 0. The van der Waals surface area contributed by atoms with Crippen molar-refractivity contribution in [2.75, 3.05) is 6.54 Å². The van der Waals surface area contributed by atoms with E-state index in [0.717, 1.165) is 29.2 Å². The van der Waals surface area contributed by atoms with Crippen LogP contribution in [0.2, 0.25) is 5.02 Å². The number of benzene rings is 3. The van der Waals surface area contributed by atoms with Gasteiger partial charge in [-0.3, -0.25) is 4.79 Å². The molecule has 0 unspecified atom stereocenters. The van der Waals surface area contributed by atoms with Crippen molar-refractivity contribution in [2.24, 2.45) is 0 Å². The summed E-state index contributed by atoms with van der Waals surface area (Å²) in [5, 5.41) is 6.77. The van der Waals surface area contributed by atoms with Crippen LogP contribution in [0.1, 0.15) is 35.1 Å². The zero-order chi connectivity index (χ0) is 19.8. The molecule has 0 spiro atoms. The van der Waals surface area contributed by atoms with Gasteiger partial charge >= 0.3 is 0 Å². The SMILES string of the molecule is O=C(c1cccc2ccccc12)N1CCC[C@@H]1c1nc(-c2ccc(Cl)cc2)no1. The summed E-state index contributed by atoms with van der Waals surface area (Å²) in [6, 6.07) is 20.8. The normalized spacial score (nSPS) is 16.4. The highest BCUT2D eigenvalue weighted by molar-refractivity contribution is 6.30. The fourth-order valence-electron chi connectivity index (χ4n) is 3.92. The minimum atomic E-state index is -0.213. The zero-order valence-electron chi connectivity index (χ0n) is 15.6. The van der Waals surface area contributed by atoms with E-state index >= 15 is 0 Å². The molecule has 0 N–H and O–H groups in total. The van der Waals surface area contributed by atoms with Crippen LogP contribution in [-0.4, -0.2) is 27.5 Å². The van der Waals surface area contributed by atoms with Crippen molar-refractivity contribution >= 4 is 28.3 Å². The third kappa shape index (κ3) is 3.28. The van der Waals surface area contributed by atoms with E-state index in [2.05, 4.69) is 10.1 Å². The van der Waals surface area contributed by atoms with E-state index in [-0.39, 0.29) is 11.9 Å². The average molecular weight is 404 g/mol. The molecule has 0 saturated carbocycles. The highest BCUT2D eigenvalue weighted by atomic mass is 35.5. The molecular weight excluding hydrogens is 386 g/mol. The number of fused-ring (bicyclic) bond motifs is 1. The molecule has 0 bridgehead atoms. The summed E-state index contributed by atoms with van der Waals surface area (Å²) in [6.07, 6.45) is 1.71. The van der Waals surface area contributed by atoms with Gasteiger partial charge in [0.2, 0.25) is 11.7 Å². The fourth-order valence-corrected chi connectivity index (χ4v) is 4.05. The van der Waals surface area contributed by atoms with Crippen LogP contribution in [0.15, 0.2) is 71.3 Å². The van der Waals surface area contributed by atoms with Gasteiger partial charge in [-0.15, -0.1) is 0 Å². The summed E-state index contributed by atoms with van der Waals surface area (Å²) in [6.45, 7) is 0.672. The summed E-state index contributed by atoms with van der Waals surface area (Å²) in [7, 11) is 0. The zero-order valence-corrected chi connectivity index (χ0v) is 16.3. The maximum atomic E-state index is 13.4. The van der Waals surface area contributed by atoms with Crippen molar-refractivity contribution in [1.82, 2.24) is 15.0 Å². The van der Waals surface area contributed by atoms with Gasteiger partial charge in [0.1, 0.15) is 6.04 Å². The molecule has 4 aromatic rings. The molecule has 0 aliphatic carbocycles. The lowest BCUT2D eigenvalue weighted by molar-refractivity contribution is 0.0712. The number of amides is 1. The van der Waals surface area contributed by atoms with Crippen LogP contribution in [0.3, 0.4) is 0 Å². The minimum absolute atomic E-state index is 0.00413. The molecule has 5 rings (SSSR count). The Bertz CT molecular complexity index is 1180. The summed E-state index contributed by atoms with van der Waals surface area (Å²) in [4.78, 5) is 19.8. The third-order valence-corrected chi connectivity index (χ3v) is 5.61. The highest BCUT2D eigenvalue weighted by Gasteiger charge is 2.35. The first kappa shape index (κ1) is 17.9. The number of aromatic nitrogens is 2. The summed E-state index contributed by atoms with van der Waals surface area (Å²) >= 11 is 5.95. The summed E-state index contributed by atoms with van der Waals surface area (Å²) in [5.74, 6) is 0.970. The average Bonchev–Trinajstić information content (AvgIpc) is 3.43. The molecule has 2 heterocycles. The largest absolute Gasteiger partial charge is 0.337 e. The van der Waals surface area contributed by atoms with Gasteiger partial charge in [-0.2, -0.15) is 4.98 Å². The minimum Gasteiger partial charge on any atom is -0.337 e. The van der Waals surface area contributed by atoms with E-state index in [1.165, 1.54) is 0 Å². The van der Waals surface area contributed by atoms with Crippen LogP contribution in [0.25, 0.3) is 22.2 Å². The maximum Gasteiger partial charge on any atom is 0.255 e. The first-order valence-corrected chi connectivity index (χ1v) is 9.97. The van der Waals surface area contributed by atoms with E-state index in [0.29, 0.717) is 28.8 Å². The molecule has 1 atom stereocenters. The Morgan fingerprint density at radius 2 is 1.83 bits per heavy atom. The lowest BCUT2D eigenvalue weighted by atomic mass is 10.0. The molecule has 1 aromatic heterocycles. The molecule has 1 saturated heterocycles. The lowest BCUT2D eigenvalue weighted by Crippen LogP contribution is -2.30. The number of carbonyl (C=O) groups excluding carboxylic acids is 1. The Morgan fingerprint density at radius 3 is 2.69 bits per heavy atom. The van der Waals surface area contributed by atoms with Gasteiger partial charge < -0.3 is 9.42 Å². The number of likely N-dealkylation sites (tertiary alicyclic amines) is 1. The Morgan fingerprint density at radius 1 is 1.03 bits per heavy atom. The molecule has 6 heteroatoms. The fraction of sp³-hybridized carbons (Fsp3) is 0.174. The van der Waals surface area contributed by atoms with Crippen molar-refractivity contribution in [3.63, 3.8) is 0 Å². The van der Waals surface area contributed by atoms with Crippen LogP contribution >= 0.6 is 11.6 Å². The first-order chi connectivity index (χ1) is 14.2. The second-order valence-corrected chi connectivity index (χ2v) is 7.58. The van der Waals surface area contributed by atoms with Crippen LogP contribution in [0.4, 0.5) is 0 Å². The van der Waals surface area contributed by atoms with Crippen molar-refractivity contribution in [3.05, 3.63) is 83.2 Å². The van der Waals surface area contributed by atoms with E-state index < -0.39 is 0 Å². The second kappa shape index (κ2) is 7.33. The van der Waals surface area contributed by atoms with Gasteiger partial charge in [0, 0.05) is 22.7 Å². The smallest absolute Gasteiger partial charge is 0.255 e. The van der Waals surface area contributed by atoms with Gasteiger partial charge in [0.05, 0.1) is 0 Å². The number of nitrogens with zero attached hydrogens (tertiary/aromatic N) is 3. The third-order valence-electron chi connectivity index (χ3n) is 5.36. The summed E-state index contributed by atoms with van der Waals surface area (Å²) < 4.78 is 5.55. The van der Waals surface area contributed by atoms with Gasteiger partial charge in [-0.1, -0.05) is 53.2 Å². The predicted octanol–water partition coefficient (Wildman–Crippen LogP) is 5.52. The Hall–Kier alpha value is -3.18. The second-order valence-electron chi connectivity index (χ2n) is 7.15. The van der Waals surface area contributed by atoms with E-state index in [9.17, 15) is 4.79 Å². The molecule has 144 valence electrons. The molecule has 1 fully saturated rings. The Kier molecular flexibility index (Phi) is 4.52. The van der Waals surface area contributed by atoms with E-state index in [4.69, 9.17) is 16.1 Å². The van der Waals surface area contributed by atoms with Gasteiger partial charge in [-0.25, -0.2) is 0 Å². The standard InChI is InChI=1S/C23H18ClN3O2/c24-17-12-10-16(11-13-17)21-25-22(29-26-21)20-9-4-14-27(20)23(28)19-8-3-6-15-5-1-2-7-18(15)19/h1-3,5-8,10-13,20H,4,9,14H2/t20-/m1/s1. The molecular formula is C23H18ClN3O2. The van der Waals surface area contributed by atoms with Crippen LogP contribution in [-0.2, 0) is 0 Å². The van der Waals surface area contributed by atoms with Gasteiger partial charge in [0.25, 0.3) is 5.91 Å². The number of hydrogen-bond acceptors (Lipinski definition) is 4.